The summed E-state index contributed by atoms with van der Waals surface area (Å²) in [4.78, 5) is 2.45. The maximum Gasteiger partial charge on any atom is 0.123 e. The van der Waals surface area contributed by atoms with E-state index in [0.29, 0.717) is 6.10 Å². The normalized spacial score (nSPS) is 23.1. The van der Waals surface area contributed by atoms with Crippen molar-refractivity contribution in [3.05, 3.63) is 29.8 Å². The third-order valence-corrected chi connectivity index (χ3v) is 4.03. The zero-order chi connectivity index (χ0) is 13.6. The predicted molar refractivity (Wildman–Crippen MR) is 79.1 cm³/mol. The van der Waals surface area contributed by atoms with Crippen LogP contribution in [-0.2, 0) is 11.3 Å². The van der Waals surface area contributed by atoms with Gasteiger partial charge in [-0.05, 0) is 18.9 Å². The van der Waals surface area contributed by atoms with Gasteiger partial charge in [0.15, 0.2) is 0 Å². The molecule has 0 bridgehead atoms. The van der Waals surface area contributed by atoms with E-state index in [2.05, 4.69) is 28.4 Å². The fourth-order valence-corrected chi connectivity index (χ4v) is 2.88. The molecule has 1 N–H and O–H groups in total. The number of hydrogen-bond donors (Lipinski definition) is 1. The lowest BCUT2D eigenvalue weighted by Crippen LogP contribution is -2.36. The first-order chi connectivity index (χ1) is 9.92. The van der Waals surface area contributed by atoms with Crippen LogP contribution in [0.25, 0.3) is 0 Å². The van der Waals surface area contributed by atoms with Gasteiger partial charge in [-0.1, -0.05) is 18.2 Å². The number of para-hydroxylation sites is 1. The van der Waals surface area contributed by atoms with Crippen molar-refractivity contribution in [1.82, 2.24) is 10.2 Å². The summed E-state index contributed by atoms with van der Waals surface area (Å²) in [6, 6.07) is 8.35. The Balaban J connectivity index is 1.41. The summed E-state index contributed by atoms with van der Waals surface area (Å²) in [7, 11) is 0. The number of nitrogens with zero attached hydrogens (tertiary/aromatic N) is 1. The Labute approximate surface area is 121 Å². The minimum atomic E-state index is 0.434. The summed E-state index contributed by atoms with van der Waals surface area (Å²) in [5, 5.41) is 3.51. The highest BCUT2D eigenvalue weighted by molar-refractivity contribution is 5.33. The second kappa shape index (κ2) is 7.07. The lowest BCUT2D eigenvalue weighted by atomic mass is 10.2. The average Bonchev–Trinajstić information content (AvgIpc) is 2.89. The molecule has 1 unspecified atom stereocenters. The molecule has 0 radical (unpaired) electrons. The minimum Gasteiger partial charge on any atom is -0.492 e. The lowest BCUT2D eigenvalue weighted by molar-refractivity contribution is 0.109. The van der Waals surface area contributed by atoms with E-state index in [1.807, 2.05) is 6.07 Å². The molecule has 1 fully saturated rings. The standard InChI is InChI=1S/C16H24N2O2/c1-2-6-16-14(4-1)13-18(9-11-20-16)8-7-17-12-15-5-3-10-19-15/h1-2,4,6,15,17H,3,5,7-13H2. The van der Waals surface area contributed by atoms with E-state index < -0.39 is 0 Å². The monoisotopic (exact) mass is 276 g/mol. The molecule has 4 heteroatoms. The van der Waals surface area contributed by atoms with Crippen molar-refractivity contribution >= 4 is 0 Å². The molecule has 0 amide bonds. The van der Waals surface area contributed by atoms with Gasteiger partial charge in [0, 0.05) is 44.9 Å². The van der Waals surface area contributed by atoms with E-state index in [4.69, 9.17) is 9.47 Å². The van der Waals surface area contributed by atoms with Crippen LogP contribution in [0.3, 0.4) is 0 Å². The van der Waals surface area contributed by atoms with Crippen molar-refractivity contribution < 1.29 is 9.47 Å². The molecule has 2 aliphatic heterocycles. The van der Waals surface area contributed by atoms with Gasteiger partial charge in [0.1, 0.15) is 12.4 Å². The number of fused-ring (bicyclic) bond motifs is 1. The van der Waals surface area contributed by atoms with Gasteiger partial charge in [0.25, 0.3) is 0 Å². The number of benzene rings is 1. The fraction of sp³-hybridized carbons (Fsp3) is 0.625. The van der Waals surface area contributed by atoms with Crippen LogP contribution in [-0.4, -0.2) is 50.4 Å². The Kier molecular flexibility index (Phi) is 4.90. The van der Waals surface area contributed by atoms with E-state index in [-0.39, 0.29) is 0 Å². The average molecular weight is 276 g/mol. The van der Waals surface area contributed by atoms with Crippen LogP contribution in [0.5, 0.6) is 5.75 Å². The molecule has 2 heterocycles. The predicted octanol–water partition coefficient (Wildman–Crippen LogP) is 1.65. The van der Waals surface area contributed by atoms with Gasteiger partial charge in [-0.25, -0.2) is 0 Å². The van der Waals surface area contributed by atoms with Crippen molar-refractivity contribution in [3.63, 3.8) is 0 Å². The molecule has 1 aromatic carbocycles. The van der Waals surface area contributed by atoms with E-state index in [1.165, 1.54) is 18.4 Å². The van der Waals surface area contributed by atoms with Crippen molar-refractivity contribution in [1.29, 1.82) is 0 Å². The second-order valence-corrected chi connectivity index (χ2v) is 5.57. The van der Waals surface area contributed by atoms with Gasteiger partial charge >= 0.3 is 0 Å². The zero-order valence-electron chi connectivity index (χ0n) is 12.0. The Morgan fingerprint density at radius 3 is 3.10 bits per heavy atom. The van der Waals surface area contributed by atoms with Crippen LogP contribution in [0.4, 0.5) is 0 Å². The molecule has 1 aromatic rings. The first-order valence-electron chi connectivity index (χ1n) is 7.67. The Morgan fingerprint density at radius 2 is 2.20 bits per heavy atom. The van der Waals surface area contributed by atoms with Gasteiger partial charge in [-0.15, -0.1) is 0 Å². The molecular weight excluding hydrogens is 252 g/mol. The van der Waals surface area contributed by atoms with Crippen LogP contribution in [0.15, 0.2) is 24.3 Å². The highest BCUT2D eigenvalue weighted by Gasteiger charge is 2.16. The van der Waals surface area contributed by atoms with E-state index in [1.54, 1.807) is 0 Å². The summed E-state index contributed by atoms with van der Waals surface area (Å²) < 4.78 is 11.4. The number of nitrogens with one attached hydrogen (secondary N) is 1. The molecule has 110 valence electrons. The van der Waals surface area contributed by atoms with Crippen LogP contribution in [0.1, 0.15) is 18.4 Å². The van der Waals surface area contributed by atoms with Gasteiger partial charge in [0.2, 0.25) is 0 Å². The maximum absolute atomic E-state index is 5.78. The Morgan fingerprint density at radius 1 is 1.25 bits per heavy atom. The summed E-state index contributed by atoms with van der Waals surface area (Å²) in [6.45, 7) is 6.76. The van der Waals surface area contributed by atoms with Crippen LogP contribution < -0.4 is 10.1 Å². The van der Waals surface area contributed by atoms with E-state index in [9.17, 15) is 0 Å². The van der Waals surface area contributed by atoms with Crippen molar-refractivity contribution in [2.75, 3.05) is 39.4 Å². The molecule has 0 spiro atoms. The zero-order valence-corrected chi connectivity index (χ0v) is 12.0. The second-order valence-electron chi connectivity index (χ2n) is 5.57. The first-order valence-corrected chi connectivity index (χ1v) is 7.67. The molecule has 20 heavy (non-hydrogen) atoms. The fourth-order valence-electron chi connectivity index (χ4n) is 2.88. The van der Waals surface area contributed by atoms with Gasteiger partial charge in [0.05, 0.1) is 6.10 Å². The SMILES string of the molecule is c1ccc2c(c1)CN(CCNCC1CCCO1)CCO2. The summed E-state index contributed by atoms with van der Waals surface area (Å²) in [5.41, 5.74) is 1.30. The molecule has 0 aromatic heterocycles. The molecule has 1 saturated heterocycles. The van der Waals surface area contributed by atoms with E-state index in [0.717, 1.165) is 51.7 Å². The summed E-state index contributed by atoms with van der Waals surface area (Å²) >= 11 is 0. The molecule has 0 saturated carbocycles. The largest absolute Gasteiger partial charge is 0.492 e. The summed E-state index contributed by atoms with van der Waals surface area (Å²) in [6.07, 6.45) is 2.85. The van der Waals surface area contributed by atoms with Crippen LogP contribution >= 0.6 is 0 Å². The molecule has 1 atom stereocenters. The quantitative estimate of drug-likeness (QED) is 0.829. The topological polar surface area (TPSA) is 33.7 Å². The highest BCUT2D eigenvalue weighted by atomic mass is 16.5. The number of rotatable bonds is 5. The third kappa shape index (κ3) is 3.72. The minimum absolute atomic E-state index is 0.434. The smallest absolute Gasteiger partial charge is 0.123 e. The molecule has 0 aliphatic carbocycles. The lowest BCUT2D eigenvalue weighted by Gasteiger charge is -2.20. The molecule has 4 nitrogen and oxygen atoms in total. The van der Waals surface area contributed by atoms with Crippen LogP contribution in [0, 0.1) is 0 Å². The number of hydrogen-bond acceptors (Lipinski definition) is 4. The number of ether oxygens (including phenoxy) is 2. The highest BCUT2D eigenvalue weighted by Crippen LogP contribution is 2.21. The Hall–Kier alpha value is -1.10. The van der Waals surface area contributed by atoms with Gasteiger partial charge in [-0.2, -0.15) is 0 Å². The van der Waals surface area contributed by atoms with Crippen molar-refractivity contribution in [3.8, 4) is 5.75 Å². The maximum atomic E-state index is 5.78. The Bertz CT molecular complexity index is 419. The third-order valence-electron chi connectivity index (χ3n) is 4.03. The van der Waals surface area contributed by atoms with Gasteiger partial charge < -0.3 is 14.8 Å². The molecule has 3 rings (SSSR count). The molecular formula is C16H24N2O2. The van der Waals surface area contributed by atoms with Crippen molar-refractivity contribution in [2.45, 2.75) is 25.5 Å². The molecule has 2 aliphatic rings. The van der Waals surface area contributed by atoms with Crippen LogP contribution in [0.2, 0.25) is 0 Å². The van der Waals surface area contributed by atoms with Gasteiger partial charge in [-0.3, -0.25) is 4.90 Å². The van der Waals surface area contributed by atoms with E-state index >= 15 is 0 Å². The summed E-state index contributed by atoms with van der Waals surface area (Å²) in [5.74, 6) is 1.04. The van der Waals surface area contributed by atoms with Crippen molar-refractivity contribution in [2.24, 2.45) is 0 Å². The first kappa shape index (κ1) is 13.9.